The quantitative estimate of drug-likeness (QED) is 0.204. The van der Waals surface area contributed by atoms with Gasteiger partial charge in [0.15, 0.2) is 0 Å². The minimum absolute atomic E-state index is 0. The minimum atomic E-state index is -2.19. The van der Waals surface area contributed by atoms with Crippen LogP contribution in [0.4, 0.5) is 0 Å². The summed E-state index contributed by atoms with van der Waals surface area (Å²) < 4.78 is 0. The summed E-state index contributed by atoms with van der Waals surface area (Å²) in [6, 6.07) is 0. The van der Waals surface area contributed by atoms with Crippen molar-refractivity contribution in [2.45, 2.75) is 0 Å². The van der Waals surface area contributed by atoms with Crippen LogP contribution in [0.15, 0.2) is 0 Å². The van der Waals surface area contributed by atoms with E-state index in [-0.39, 0.29) is 60.3 Å². The van der Waals surface area contributed by atoms with Gasteiger partial charge in [-0.3, -0.25) is 0 Å². The number of carbonyl (C=O) groups excluding carboxylic acids is 10. The van der Waals surface area contributed by atoms with E-state index in [9.17, 15) is 0 Å². The summed E-state index contributed by atoms with van der Waals surface area (Å²) in [4.78, 5) is 89.3. The van der Waals surface area contributed by atoms with E-state index in [2.05, 4.69) is 0 Å². The monoisotopic (exact) mass is 916 g/mol. The van der Waals surface area contributed by atoms with Crippen molar-refractivity contribution in [1.29, 1.82) is 0 Å². The van der Waals surface area contributed by atoms with Crippen LogP contribution >= 0.6 is 0 Å². The fourth-order valence-corrected chi connectivity index (χ4v) is 0. The summed E-state index contributed by atoms with van der Waals surface area (Å²) in [5.41, 5.74) is 0. The van der Waals surface area contributed by atoms with E-state index < -0.39 is 59.7 Å². The number of carboxylic acid groups (broad SMARTS) is 10. The molecule has 0 aromatic heterocycles. The van der Waals surface area contributed by atoms with Crippen LogP contribution in [0, 0.1) is 60.3 Å². The standard InChI is InChI=1S/5C2H2O4.Pu.U/c5*3-1(4)2(5)6;;/h5*(H,3,4)(H,5,6);;/p-10. The molecular weight excluding hydrogens is 922 g/mol. The van der Waals surface area contributed by atoms with Gasteiger partial charge in [0, 0.05) is 60.3 Å². The second kappa shape index (κ2) is 27.7. The van der Waals surface area contributed by atoms with E-state index >= 15 is 0 Å². The number of rotatable bonds is 0. The molecule has 0 atom stereocenters. The maximum Gasteiger partial charge on any atom is 0.0870 e. The molecular formula is C10O20PuU-10. The van der Waals surface area contributed by atoms with Crippen LogP contribution in [-0.2, 0) is 47.9 Å². The van der Waals surface area contributed by atoms with Crippen LogP contribution in [0.5, 0.6) is 0 Å². The van der Waals surface area contributed by atoms with Crippen LogP contribution < -0.4 is 51.1 Å². The third-order valence-corrected chi connectivity index (χ3v) is 0.833. The van der Waals surface area contributed by atoms with Gasteiger partial charge in [-0.05, 0) is 0 Å². The van der Waals surface area contributed by atoms with Gasteiger partial charge in [-0.25, -0.2) is 0 Å². The summed E-state index contributed by atoms with van der Waals surface area (Å²) in [7, 11) is 0. The number of carbonyl (C=O) groups is 10. The van der Waals surface area contributed by atoms with E-state index in [1.807, 2.05) is 0 Å². The molecule has 0 N–H and O–H groups in total. The average molecular weight is 922 g/mol. The Hall–Kier alpha value is -3.26. The zero-order valence-corrected chi connectivity index (χ0v) is 21.6. The van der Waals surface area contributed by atoms with Gasteiger partial charge in [0.1, 0.15) is 0 Å². The molecule has 22 heteroatoms. The molecule has 0 saturated heterocycles. The zero-order valence-electron chi connectivity index (χ0n) is 14.1. The van der Waals surface area contributed by atoms with E-state index in [0.29, 0.717) is 0 Å². The summed E-state index contributed by atoms with van der Waals surface area (Å²) in [6.45, 7) is 0. The van der Waals surface area contributed by atoms with Gasteiger partial charge >= 0.3 is 0 Å². The Balaban J connectivity index is -0.0000000481. The zero-order chi connectivity index (χ0) is 25.8. The molecule has 0 aliphatic heterocycles. The van der Waals surface area contributed by atoms with Crippen molar-refractivity contribution in [1.82, 2.24) is 0 Å². The van der Waals surface area contributed by atoms with Crippen LogP contribution in [0.3, 0.4) is 0 Å². The number of carboxylic acids is 10. The van der Waals surface area contributed by atoms with Gasteiger partial charge in [0.25, 0.3) is 0 Å². The topological polar surface area (TPSA) is 401 Å². The fraction of sp³-hybridized carbons (Fsp3) is 0. The van der Waals surface area contributed by atoms with Gasteiger partial charge < -0.3 is 99.0 Å². The molecule has 0 aliphatic rings. The van der Waals surface area contributed by atoms with Crippen LogP contribution in [0.2, 0.25) is 0 Å². The molecule has 0 bridgehead atoms. The molecule has 180 valence electrons. The fourth-order valence-electron chi connectivity index (χ4n) is 0. The Morgan fingerprint density at radius 3 is 0.281 bits per heavy atom. The number of hydrogen-bond donors (Lipinski definition) is 0. The van der Waals surface area contributed by atoms with Crippen molar-refractivity contribution < 1.29 is 159 Å². The third kappa shape index (κ3) is 63.2. The van der Waals surface area contributed by atoms with E-state index in [0.717, 1.165) is 0 Å². The molecule has 0 heterocycles. The van der Waals surface area contributed by atoms with Crippen molar-refractivity contribution in [3.63, 3.8) is 0 Å². The van der Waals surface area contributed by atoms with Gasteiger partial charge in [-0.1, -0.05) is 0 Å². The van der Waals surface area contributed by atoms with Crippen molar-refractivity contribution in [3.8, 4) is 0 Å². The molecule has 0 aliphatic carbocycles. The first kappa shape index (κ1) is 46.8. The number of hydrogen-bond acceptors (Lipinski definition) is 20. The number of aliphatic carboxylic acids is 10. The largest absolute Gasteiger partial charge is 0.543 e. The van der Waals surface area contributed by atoms with Crippen LogP contribution in [0.1, 0.15) is 0 Å². The summed E-state index contributed by atoms with van der Waals surface area (Å²) in [5.74, 6) is -21.9. The Kier molecular flexibility index (Phi) is 40.6. The predicted octanol–water partition coefficient (Wildman–Crippen LogP) is -17.6. The average Bonchev–Trinajstić information content (AvgIpc) is 2.56. The molecule has 0 rings (SSSR count). The maximum absolute atomic E-state index is 8.93. The Bertz CT molecular complexity index is 510. The molecule has 0 amide bonds. The first-order valence-corrected chi connectivity index (χ1v) is 5.33. The molecule has 0 spiro atoms. The Morgan fingerprint density at radius 2 is 0.281 bits per heavy atom. The smallest absolute Gasteiger partial charge is 0.0870 e. The van der Waals surface area contributed by atoms with Crippen LogP contribution in [0.25, 0.3) is 0 Å². The molecule has 0 unspecified atom stereocenters. The molecule has 0 aromatic carbocycles. The van der Waals surface area contributed by atoms with Crippen molar-refractivity contribution in [2.75, 3.05) is 0 Å². The SMILES string of the molecule is O=C([O-])C(=O)[O-].O=C([O-])C(=O)[O-].O=C([O-])C(=O)[O-].O=C([O-])C(=O)[O-].O=C([O-])C(=O)[O-].[Pu].[U]. The molecule has 0 fully saturated rings. The van der Waals surface area contributed by atoms with E-state index in [4.69, 9.17) is 99.0 Å². The maximum atomic E-state index is 8.93. The second-order valence-electron chi connectivity index (χ2n) is 2.87. The second-order valence-corrected chi connectivity index (χ2v) is 2.87. The predicted molar refractivity (Wildman–Crippen MR) is 50.1 cm³/mol. The molecule has 0 saturated carbocycles. The van der Waals surface area contributed by atoms with Gasteiger partial charge in [-0.2, -0.15) is 0 Å². The molecule has 0 aromatic rings. The van der Waals surface area contributed by atoms with Gasteiger partial charge in [-0.15, -0.1) is 0 Å². The van der Waals surface area contributed by atoms with Gasteiger partial charge in [0.05, 0.1) is 59.7 Å². The van der Waals surface area contributed by atoms with Crippen molar-refractivity contribution in [2.24, 2.45) is 0 Å². The van der Waals surface area contributed by atoms with E-state index in [1.165, 1.54) is 0 Å². The van der Waals surface area contributed by atoms with E-state index in [1.54, 1.807) is 0 Å². The Labute approximate surface area is 218 Å². The van der Waals surface area contributed by atoms with Crippen molar-refractivity contribution in [3.05, 3.63) is 0 Å². The molecule has 32 heavy (non-hydrogen) atoms. The molecule has 0 radical (unpaired) electrons. The van der Waals surface area contributed by atoms with Crippen molar-refractivity contribution >= 4 is 59.7 Å². The summed E-state index contributed by atoms with van der Waals surface area (Å²) in [5, 5.41) is 89.3. The summed E-state index contributed by atoms with van der Waals surface area (Å²) >= 11 is 0. The third-order valence-electron chi connectivity index (χ3n) is 0.833. The molecule has 20 nitrogen and oxygen atoms in total. The minimum Gasteiger partial charge on any atom is -0.543 e. The first-order chi connectivity index (χ1) is 13.2. The van der Waals surface area contributed by atoms with Crippen LogP contribution in [-0.4, -0.2) is 59.7 Å². The summed E-state index contributed by atoms with van der Waals surface area (Å²) in [6.07, 6.45) is 0. The van der Waals surface area contributed by atoms with Gasteiger partial charge in [0.2, 0.25) is 0 Å². The Morgan fingerprint density at radius 1 is 0.250 bits per heavy atom. The first-order valence-electron chi connectivity index (χ1n) is 5.33. The normalized spacial score (nSPS) is 6.88.